The Kier molecular flexibility index (Phi) is 4.47. The number of amides is 1. The summed E-state index contributed by atoms with van der Waals surface area (Å²) in [4.78, 5) is 26.2. The first-order valence-corrected chi connectivity index (χ1v) is 8.90. The van der Waals surface area contributed by atoms with Crippen molar-refractivity contribution in [2.24, 2.45) is 0 Å². The van der Waals surface area contributed by atoms with Crippen LogP contribution < -0.4 is 10.9 Å². The number of nitrogens with zero attached hydrogens (tertiary/aromatic N) is 3. The maximum atomic E-state index is 12.9. The van der Waals surface area contributed by atoms with E-state index in [4.69, 9.17) is 0 Å². The highest BCUT2D eigenvalue weighted by Gasteiger charge is 2.13. The Morgan fingerprint density at radius 1 is 1.11 bits per heavy atom. The number of fused-ring (bicyclic) bond motifs is 1. The quantitative estimate of drug-likeness (QED) is 0.589. The molecule has 4 aromatic rings. The SMILES string of the molecule is O=C(Cn1nnc2sc(-c3ccccc3)cc2c1=O)Nc1ccc(F)cc1. The maximum Gasteiger partial charge on any atom is 0.279 e. The van der Waals surface area contributed by atoms with Gasteiger partial charge in [0.25, 0.3) is 5.56 Å². The van der Waals surface area contributed by atoms with Crippen LogP contribution in [0.2, 0.25) is 0 Å². The first-order valence-electron chi connectivity index (χ1n) is 8.08. The van der Waals surface area contributed by atoms with Gasteiger partial charge in [-0.2, -0.15) is 0 Å². The number of benzene rings is 2. The van der Waals surface area contributed by atoms with E-state index in [1.165, 1.54) is 35.6 Å². The lowest BCUT2D eigenvalue weighted by Crippen LogP contribution is -2.30. The van der Waals surface area contributed by atoms with Crippen LogP contribution in [0.15, 0.2) is 65.5 Å². The minimum absolute atomic E-state index is 0.282. The molecule has 2 heterocycles. The van der Waals surface area contributed by atoms with E-state index in [0.29, 0.717) is 15.9 Å². The third-order valence-electron chi connectivity index (χ3n) is 3.90. The zero-order valence-electron chi connectivity index (χ0n) is 13.9. The fourth-order valence-corrected chi connectivity index (χ4v) is 3.57. The lowest BCUT2D eigenvalue weighted by atomic mass is 10.2. The van der Waals surface area contributed by atoms with Crippen molar-refractivity contribution in [3.63, 3.8) is 0 Å². The molecule has 8 heteroatoms. The van der Waals surface area contributed by atoms with Crippen LogP contribution in [0, 0.1) is 5.82 Å². The second kappa shape index (κ2) is 7.08. The van der Waals surface area contributed by atoms with E-state index in [1.807, 2.05) is 30.3 Å². The van der Waals surface area contributed by atoms with Crippen molar-refractivity contribution in [2.45, 2.75) is 6.54 Å². The molecule has 1 N–H and O–H groups in total. The number of anilines is 1. The molecule has 0 saturated carbocycles. The second-order valence-corrected chi connectivity index (χ2v) is 6.83. The molecule has 0 aliphatic heterocycles. The van der Waals surface area contributed by atoms with Gasteiger partial charge in [0.15, 0.2) is 4.83 Å². The van der Waals surface area contributed by atoms with Crippen molar-refractivity contribution in [1.82, 2.24) is 15.0 Å². The Balaban J connectivity index is 1.59. The highest BCUT2D eigenvalue weighted by Crippen LogP contribution is 2.30. The van der Waals surface area contributed by atoms with Crippen LogP contribution in [-0.4, -0.2) is 20.9 Å². The van der Waals surface area contributed by atoms with Crippen LogP contribution in [0.25, 0.3) is 20.7 Å². The van der Waals surface area contributed by atoms with Crippen LogP contribution in [0.4, 0.5) is 10.1 Å². The molecule has 27 heavy (non-hydrogen) atoms. The predicted octanol–water partition coefficient (Wildman–Crippen LogP) is 3.30. The molecule has 2 aromatic heterocycles. The molecular weight excluding hydrogens is 367 g/mol. The Morgan fingerprint density at radius 3 is 2.59 bits per heavy atom. The average molecular weight is 380 g/mol. The Bertz CT molecular complexity index is 1170. The predicted molar refractivity (Wildman–Crippen MR) is 102 cm³/mol. The number of hydrogen-bond acceptors (Lipinski definition) is 5. The van der Waals surface area contributed by atoms with Crippen LogP contribution >= 0.6 is 11.3 Å². The molecule has 0 spiro atoms. The summed E-state index contributed by atoms with van der Waals surface area (Å²) in [5.41, 5.74) is 1.04. The van der Waals surface area contributed by atoms with Crippen LogP contribution in [0.5, 0.6) is 0 Å². The van der Waals surface area contributed by atoms with Crippen molar-refractivity contribution in [1.29, 1.82) is 0 Å². The van der Waals surface area contributed by atoms with Crippen molar-refractivity contribution in [3.05, 3.63) is 76.8 Å². The molecule has 0 aliphatic rings. The first-order chi connectivity index (χ1) is 13.1. The van der Waals surface area contributed by atoms with E-state index in [-0.39, 0.29) is 12.1 Å². The van der Waals surface area contributed by atoms with Gasteiger partial charge in [0.1, 0.15) is 12.4 Å². The molecule has 134 valence electrons. The summed E-state index contributed by atoms with van der Waals surface area (Å²) in [5.74, 6) is -0.844. The van der Waals surface area contributed by atoms with Crippen molar-refractivity contribution < 1.29 is 9.18 Å². The minimum atomic E-state index is -0.448. The normalized spacial score (nSPS) is 10.9. The topological polar surface area (TPSA) is 76.9 Å². The van der Waals surface area contributed by atoms with Crippen LogP contribution in [0.1, 0.15) is 0 Å². The van der Waals surface area contributed by atoms with E-state index in [1.54, 1.807) is 6.07 Å². The van der Waals surface area contributed by atoms with Gasteiger partial charge in [-0.25, -0.2) is 9.07 Å². The molecule has 0 fully saturated rings. The van der Waals surface area contributed by atoms with Gasteiger partial charge >= 0.3 is 0 Å². The van der Waals surface area contributed by atoms with E-state index < -0.39 is 11.7 Å². The summed E-state index contributed by atoms with van der Waals surface area (Å²) < 4.78 is 13.9. The monoisotopic (exact) mass is 380 g/mol. The van der Waals surface area contributed by atoms with Gasteiger partial charge in [0.2, 0.25) is 5.91 Å². The third-order valence-corrected chi connectivity index (χ3v) is 4.97. The van der Waals surface area contributed by atoms with Gasteiger partial charge in [-0.15, -0.1) is 16.4 Å². The summed E-state index contributed by atoms with van der Waals surface area (Å²) in [6.07, 6.45) is 0. The van der Waals surface area contributed by atoms with E-state index >= 15 is 0 Å². The third kappa shape index (κ3) is 3.61. The number of carbonyl (C=O) groups is 1. The molecule has 6 nitrogen and oxygen atoms in total. The van der Waals surface area contributed by atoms with Gasteiger partial charge in [-0.05, 0) is 35.9 Å². The fraction of sp³-hybridized carbons (Fsp3) is 0.0526. The molecular formula is C19H13FN4O2S. The van der Waals surface area contributed by atoms with E-state index in [9.17, 15) is 14.0 Å². The van der Waals surface area contributed by atoms with Gasteiger partial charge in [-0.3, -0.25) is 9.59 Å². The summed E-state index contributed by atoms with van der Waals surface area (Å²) in [5, 5.41) is 10.9. The summed E-state index contributed by atoms with van der Waals surface area (Å²) in [6.45, 7) is -0.282. The average Bonchev–Trinajstić information content (AvgIpc) is 3.12. The Hall–Kier alpha value is -3.39. The fourth-order valence-electron chi connectivity index (χ4n) is 2.60. The Labute approximate surface area is 156 Å². The maximum absolute atomic E-state index is 12.9. The van der Waals surface area contributed by atoms with Gasteiger partial charge in [0.05, 0.1) is 5.39 Å². The molecule has 1 amide bonds. The lowest BCUT2D eigenvalue weighted by molar-refractivity contribution is -0.117. The lowest BCUT2D eigenvalue weighted by Gasteiger charge is -2.05. The highest BCUT2D eigenvalue weighted by molar-refractivity contribution is 7.21. The smallest absolute Gasteiger partial charge is 0.279 e. The van der Waals surface area contributed by atoms with E-state index in [0.717, 1.165) is 15.1 Å². The molecule has 2 aromatic carbocycles. The number of aromatic nitrogens is 3. The second-order valence-electron chi connectivity index (χ2n) is 5.80. The number of hydrogen-bond donors (Lipinski definition) is 1. The number of carbonyl (C=O) groups excluding carboxylic acids is 1. The van der Waals surface area contributed by atoms with Gasteiger partial charge in [0, 0.05) is 10.6 Å². The highest BCUT2D eigenvalue weighted by atomic mass is 32.1. The number of thiophene rings is 1. The minimum Gasteiger partial charge on any atom is -0.324 e. The first kappa shape index (κ1) is 17.0. The zero-order chi connectivity index (χ0) is 18.8. The summed E-state index contributed by atoms with van der Waals surface area (Å²) >= 11 is 1.37. The number of rotatable bonds is 4. The van der Waals surface area contributed by atoms with Crippen molar-refractivity contribution in [2.75, 3.05) is 5.32 Å². The Morgan fingerprint density at radius 2 is 1.85 bits per heavy atom. The molecule has 0 saturated heterocycles. The number of halogens is 1. The van der Waals surface area contributed by atoms with Crippen molar-refractivity contribution in [3.8, 4) is 10.4 Å². The molecule has 0 bridgehead atoms. The zero-order valence-corrected chi connectivity index (χ0v) is 14.7. The standard InChI is InChI=1S/C19H13FN4O2S/c20-13-6-8-14(9-7-13)21-17(25)11-24-19(26)15-10-16(27-18(15)22-23-24)12-4-2-1-3-5-12/h1-10H,11H2,(H,21,25). The molecule has 4 rings (SSSR count). The molecule has 0 unspecified atom stereocenters. The van der Waals surface area contributed by atoms with Crippen LogP contribution in [-0.2, 0) is 11.3 Å². The van der Waals surface area contributed by atoms with Crippen LogP contribution in [0.3, 0.4) is 0 Å². The summed E-state index contributed by atoms with van der Waals surface area (Å²) in [6, 6.07) is 16.8. The van der Waals surface area contributed by atoms with Crippen molar-refractivity contribution >= 4 is 33.1 Å². The molecule has 0 aliphatic carbocycles. The summed E-state index contributed by atoms with van der Waals surface area (Å²) in [7, 11) is 0. The van der Waals surface area contributed by atoms with Gasteiger partial charge < -0.3 is 5.32 Å². The largest absolute Gasteiger partial charge is 0.324 e. The molecule has 0 radical (unpaired) electrons. The molecule has 0 atom stereocenters. The van der Waals surface area contributed by atoms with Gasteiger partial charge in [-0.1, -0.05) is 35.5 Å². The number of nitrogens with one attached hydrogen (secondary N) is 1. The van der Waals surface area contributed by atoms with E-state index in [2.05, 4.69) is 15.6 Å².